The van der Waals surface area contributed by atoms with Gasteiger partial charge < -0.3 is 14.7 Å². The minimum Gasteiger partial charge on any atom is -0.361 e. The fraction of sp³-hybridized carbons (Fsp3) is 0.267. The zero-order valence-electron chi connectivity index (χ0n) is 12.2. The second-order valence-corrected chi connectivity index (χ2v) is 4.76. The first-order valence-corrected chi connectivity index (χ1v) is 6.51. The maximum Gasteiger partial charge on any atom is 0.276 e. The second kappa shape index (κ2) is 6.21. The zero-order valence-corrected chi connectivity index (χ0v) is 12.2. The van der Waals surface area contributed by atoms with Gasteiger partial charge in [-0.3, -0.25) is 9.59 Å². The number of nitrogens with zero attached hydrogens (tertiary/aromatic N) is 2. The van der Waals surface area contributed by atoms with Crippen LogP contribution in [0.1, 0.15) is 32.2 Å². The quantitative estimate of drug-likeness (QED) is 0.927. The van der Waals surface area contributed by atoms with E-state index < -0.39 is 0 Å². The summed E-state index contributed by atoms with van der Waals surface area (Å²) in [6.45, 7) is 2.17. The Labute approximate surface area is 122 Å². The Balaban J connectivity index is 2.04. The Bertz CT molecular complexity index is 646. The highest BCUT2D eigenvalue weighted by molar-refractivity contribution is 5.94. The fourth-order valence-corrected chi connectivity index (χ4v) is 1.91. The van der Waals surface area contributed by atoms with Crippen LogP contribution in [0.2, 0.25) is 0 Å². The van der Waals surface area contributed by atoms with Crippen LogP contribution >= 0.6 is 0 Å². The SMILES string of the molecule is CNC(=O)c1ccc(CN(C)C(=O)c2cc(C)on2)cc1. The molecule has 0 unspecified atom stereocenters. The second-order valence-electron chi connectivity index (χ2n) is 4.76. The molecule has 1 aromatic carbocycles. The number of benzene rings is 1. The average molecular weight is 287 g/mol. The van der Waals surface area contributed by atoms with Gasteiger partial charge in [-0.25, -0.2) is 0 Å². The van der Waals surface area contributed by atoms with E-state index in [4.69, 9.17) is 4.52 Å². The molecule has 0 radical (unpaired) electrons. The van der Waals surface area contributed by atoms with Gasteiger partial charge in [0.1, 0.15) is 5.76 Å². The fourth-order valence-electron chi connectivity index (χ4n) is 1.91. The summed E-state index contributed by atoms with van der Waals surface area (Å²) in [5, 5.41) is 6.27. The highest BCUT2D eigenvalue weighted by Gasteiger charge is 2.16. The third kappa shape index (κ3) is 3.47. The van der Waals surface area contributed by atoms with Crippen LogP contribution in [-0.2, 0) is 6.54 Å². The first-order chi connectivity index (χ1) is 10.0. The third-order valence-electron chi connectivity index (χ3n) is 3.06. The van der Waals surface area contributed by atoms with Crippen molar-refractivity contribution in [3.8, 4) is 0 Å². The molecule has 110 valence electrons. The summed E-state index contributed by atoms with van der Waals surface area (Å²) in [6, 6.07) is 8.71. The molecule has 0 aliphatic rings. The Morgan fingerprint density at radius 1 is 1.29 bits per heavy atom. The molecule has 0 aliphatic carbocycles. The predicted molar refractivity (Wildman–Crippen MR) is 76.9 cm³/mol. The van der Waals surface area contributed by atoms with Crippen LogP contribution in [0.5, 0.6) is 0 Å². The lowest BCUT2D eigenvalue weighted by molar-refractivity contribution is 0.0774. The van der Waals surface area contributed by atoms with Crippen molar-refractivity contribution in [1.29, 1.82) is 0 Å². The third-order valence-corrected chi connectivity index (χ3v) is 3.06. The molecule has 1 N–H and O–H groups in total. The largest absolute Gasteiger partial charge is 0.361 e. The number of amides is 2. The van der Waals surface area contributed by atoms with E-state index in [1.807, 2.05) is 12.1 Å². The van der Waals surface area contributed by atoms with E-state index in [9.17, 15) is 9.59 Å². The molecule has 0 aliphatic heterocycles. The monoisotopic (exact) mass is 287 g/mol. The number of hydrogen-bond acceptors (Lipinski definition) is 4. The van der Waals surface area contributed by atoms with Gasteiger partial charge in [0.2, 0.25) is 0 Å². The van der Waals surface area contributed by atoms with Crippen molar-refractivity contribution in [3.05, 3.63) is 52.9 Å². The lowest BCUT2D eigenvalue weighted by Gasteiger charge is -2.15. The van der Waals surface area contributed by atoms with Crippen LogP contribution in [0.15, 0.2) is 34.9 Å². The van der Waals surface area contributed by atoms with Gasteiger partial charge in [-0.15, -0.1) is 0 Å². The molecule has 1 aromatic heterocycles. The van der Waals surface area contributed by atoms with Gasteiger partial charge in [0.15, 0.2) is 5.69 Å². The molecule has 6 heteroatoms. The van der Waals surface area contributed by atoms with Crippen molar-refractivity contribution in [2.45, 2.75) is 13.5 Å². The summed E-state index contributed by atoms with van der Waals surface area (Å²) in [4.78, 5) is 25.1. The number of aromatic nitrogens is 1. The molecule has 2 amide bonds. The van der Waals surface area contributed by atoms with Crippen LogP contribution in [0.4, 0.5) is 0 Å². The van der Waals surface area contributed by atoms with Crippen molar-refractivity contribution < 1.29 is 14.1 Å². The Kier molecular flexibility index (Phi) is 4.37. The average Bonchev–Trinajstić information content (AvgIpc) is 2.93. The predicted octanol–water partition coefficient (Wildman–Crippen LogP) is 1.61. The number of nitrogens with one attached hydrogen (secondary N) is 1. The summed E-state index contributed by atoms with van der Waals surface area (Å²) in [5.41, 5.74) is 1.80. The van der Waals surface area contributed by atoms with Gasteiger partial charge in [-0.1, -0.05) is 17.3 Å². The van der Waals surface area contributed by atoms with Gasteiger partial charge in [0.05, 0.1) is 0 Å². The van der Waals surface area contributed by atoms with Crippen LogP contribution in [0, 0.1) is 6.92 Å². The van der Waals surface area contributed by atoms with Gasteiger partial charge in [-0.05, 0) is 24.6 Å². The number of aryl methyl sites for hydroxylation is 1. The van der Waals surface area contributed by atoms with Crippen molar-refractivity contribution in [3.63, 3.8) is 0 Å². The molecule has 0 atom stereocenters. The van der Waals surface area contributed by atoms with E-state index in [-0.39, 0.29) is 17.5 Å². The van der Waals surface area contributed by atoms with Crippen molar-refractivity contribution in [2.24, 2.45) is 0 Å². The number of rotatable bonds is 4. The Morgan fingerprint density at radius 3 is 2.48 bits per heavy atom. The van der Waals surface area contributed by atoms with Crippen LogP contribution in [-0.4, -0.2) is 36.0 Å². The molecule has 0 saturated heterocycles. The van der Waals surface area contributed by atoms with Gasteiger partial charge in [0.25, 0.3) is 11.8 Å². The van der Waals surface area contributed by atoms with E-state index in [0.29, 0.717) is 17.9 Å². The lowest BCUT2D eigenvalue weighted by atomic mass is 10.1. The molecule has 0 saturated carbocycles. The first kappa shape index (κ1) is 14.8. The number of carbonyl (C=O) groups excluding carboxylic acids is 2. The summed E-state index contributed by atoms with van der Waals surface area (Å²) in [7, 11) is 3.28. The van der Waals surface area contributed by atoms with E-state index in [0.717, 1.165) is 5.56 Å². The molecular weight excluding hydrogens is 270 g/mol. The van der Waals surface area contributed by atoms with Crippen molar-refractivity contribution in [1.82, 2.24) is 15.4 Å². The molecule has 2 aromatic rings. The highest BCUT2D eigenvalue weighted by Crippen LogP contribution is 2.10. The standard InChI is InChI=1S/C15H17N3O3/c1-10-8-13(17-21-10)15(20)18(3)9-11-4-6-12(7-5-11)14(19)16-2/h4-8H,9H2,1-3H3,(H,16,19). The normalized spacial score (nSPS) is 10.2. The van der Waals surface area contributed by atoms with Gasteiger partial charge >= 0.3 is 0 Å². The smallest absolute Gasteiger partial charge is 0.276 e. The minimum absolute atomic E-state index is 0.135. The maximum atomic E-state index is 12.1. The summed E-state index contributed by atoms with van der Waals surface area (Å²) in [6.07, 6.45) is 0. The highest BCUT2D eigenvalue weighted by atomic mass is 16.5. The number of hydrogen-bond donors (Lipinski definition) is 1. The molecule has 1 heterocycles. The minimum atomic E-state index is -0.206. The van der Waals surface area contributed by atoms with E-state index in [2.05, 4.69) is 10.5 Å². The zero-order chi connectivity index (χ0) is 15.4. The first-order valence-electron chi connectivity index (χ1n) is 6.51. The van der Waals surface area contributed by atoms with Gasteiger partial charge in [0, 0.05) is 32.3 Å². The van der Waals surface area contributed by atoms with E-state index in [1.165, 1.54) is 0 Å². The summed E-state index contributed by atoms with van der Waals surface area (Å²) >= 11 is 0. The molecule has 21 heavy (non-hydrogen) atoms. The van der Waals surface area contributed by atoms with Crippen molar-refractivity contribution in [2.75, 3.05) is 14.1 Å². The van der Waals surface area contributed by atoms with Crippen LogP contribution in [0.3, 0.4) is 0 Å². The van der Waals surface area contributed by atoms with E-state index in [1.54, 1.807) is 44.1 Å². The van der Waals surface area contributed by atoms with E-state index >= 15 is 0 Å². The summed E-state index contributed by atoms with van der Waals surface area (Å²) in [5.74, 6) is 0.257. The molecular formula is C15H17N3O3. The molecule has 2 rings (SSSR count). The molecule has 6 nitrogen and oxygen atoms in total. The molecule has 0 fully saturated rings. The molecule has 0 spiro atoms. The lowest BCUT2D eigenvalue weighted by Crippen LogP contribution is -2.26. The van der Waals surface area contributed by atoms with Gasteiger partial charge in [-0.2, -0.15) is 0 Å². The Morgan fingerprint density at radius 2 is 1.95 bits per heavy atom. The molecule has 0 bridgehead atoms. The topological polar surface area (TPSA) is 75.4 Å². The maximum absolute atomic E-state index is 12.1. The number of carbonyl (C=O) groups is 2. The van der Waals surface area contributed by atoms with Crippen LogP contribution in [0.25, 0.3) is 0 Å². The van der Waals surface area contributed by atoms with Crippen LogP contribution < -0.4 is 5.32 Å². The van der Waals surface area contributed by atoms with Crippen molar-refractivity contribution >= 4 is 11.8 Å². The Hall–Kier alpha value is -2.63. The summed E-state index contributed by atoms with van der Waals surface area (Å²) < 4.78 is 4.90.